The highest BCUT2D eigenvalue weighted by atomic mass is 33.1. The summed E-state index contributed by atoms with van der Waals surface area (Å²) in [5.41, 5.74) is 4.95. The van der Waals surface area contributed by atoms with Gasteiger partial charge in [0.05, 0.1) is 18.0 Å². The number of nitrogen functional groups attached to an aromatic ring is 1. The summed E-state index contributed by atoms with van der Waals surface area (Å²) in [6.45, 7) is 1.77. The number of anilines is 1. The molecule has 1 aromatic heterocycles. The van der Waals surface area contributed by atoms with Crippen LogP contribution in [0, 0.1) is 0 Å². The van der Waals surface area contributed by atoms with E-state index >= 15 is 0 Å². The molecular weight excluding hydrogens is 314 g/mol. The van der Waals surface area contributed by atoms with E-state index < -0.39 is 24.1 Å². The molecule has 0 aromatic carbocycles. The Morgan fingerprint density at radius 3 is 2.95 bits per heavy atom. The van der Waals surface area contributed by atoms with Crippen molar-refractivity contribution in [1.82, 2.24) is 9.55 Å². The lowest BCUT2D eigenvalue weighted by Gasteiger charge is -2.20. The summed E-state index contributed by atoms with van der Waals surface area (Å²) in [6, 6.07) is 1.50. The third-order valence-corrected chi connectivity index (χ3v) is 6.10. The van der Waals surface area contributed by atoms with Crippen molar-refractivity contribution in [1.29, 1.82) is 0 Å². The van der Waals surface area contributed by atoms with Crippen LogP contribution in [-0.4, -0.2) is 49.6 Å². The molecular formula is C12H19N3O4S2. The molecule has 2 rings (SSSR count). The second kappa shape index (κ2) is 7.50. The summed E-state index contributed by atoms with van der Waals surface area (Å²) in [4.78, 5) is 15.6. The van der Waals surface area contributed by atoms with Crippen LogP contribution in [0.4, 0.5) is 5.82 Å². The number of rotatable bonds is 6. The molecule has 0 saturated carbocycles. The Kier molecular flexibility index (Phi) is 5.94. The van der Waals surface area contributed by atoms with E-state index in [9.17, 15) is 15.0 Å². The van der Waals surface area contributed by atoms with Gasteiger partial charge in [-0.25, -0.2) is 4.79 Å². The van der Waals surface area contributed by atoms with Crippen molar-refractivity contribution in [3.8, 4) is 0 Å². The minimum absolute atomic E-state index is 0.137. The van der Waals surface area contributed by atoms with Crippen LogP contribution >= 0.6 is 21.6 Å². The molecule has 0 radical (unpaired) electrons. The van der Waals surface area contributed by atoms with Crippen LogP contribution in [0.25, 0.3) is 0 Å². The lowest BCUT2D eigenvalue weighted by molar-refractivity contribution is -0.0456. The zero-order chi connectivity index (χ0) is 15.4. The molecule has 9 heteroatoms. The quantitative estimate of drug-likeness (QED) is 0.501. The molecule has 4 atom stereocenters. The third kappa shape index (κ3) is 3.72. The van der Waals surface area contributed by atoms with Gasteiger partial charge in [-0.2, -0.15) is 4.98 Å². The molecule has 1 aliphatic rings. The molecule has 0 spiro atoms. The van der Waals surface area contributed by atoms with Gasteiger partial charge in [0, 0.05) is 11.9 Å². The SMILES string of the molecule is CCCSS[C@@H]1[C@H](O)[C@@H](CO)O[C@H]1n1ccc(N)nc1=O. The predicted molar refractivity (Wildman–Crippen MR) is 84.0 cm³/mol. The Morgan fingerprint density at radius 1 is 1.57 bits per heavy atom. The average molecular weight is 333 g/mol. The summed E-state index contributed by atoms with van der Waals surface area (Å²) in [5.74, 6) is 1.07. The molecule has 1 fully saturated rings. The van der Waals surface area contributed by atoms with Crippen LogP contribution in [-0.2, 0) is 4.74 Å². The van der Waals surface area contributed by atoms with E-state index in [1.54, 1.807) is 10.8 Å². The van der Waals surface area contributed by atoms with Crippen molar-refractivity contribution in [3.63, 3.8) is 0 Å². The second-order valence-corrected chi connectivity index (χ2v) is 7.33. The molecule has 21 heavy (non-hydrogen) atoms. The van der Waals surface area contributed by atoms with Gasteiger partial charge in [0.15, 0.2) is 6.23 Å². The number of aliphatic hydroxyl groups excluding tert-OH is 2. The van der Waals surface area contributed by atoms with Crippen LogP contribution < -0.4 is 11.4 Å². The molecule has 0 bridgehead atoms. The Balaban J connectivity index is 2.23. The van der Waals surface area contributed by atoms with E-state index in [-0.39, 0.29) is 17.7 Å². The lowest BCUT2D eigenvalue weighted by Crippen LogP contribution is -2.34. The van der Waals surface area contributed by atoms with Crippen molar-refractivity contribution in [2.45, 2.75) is 37.0 Å². The molecule has 1 aromatic rings. The predicted octanol–water partition coefficient (Wildman–Crippen LogP) is 0.236. The Labute approximate surface area is 130 Å². The molecule has 1 saturated heterocycles. The van der Waals surface area contributed by atoms with E-state index in [0.717, 1.165) is 12.2 Å². The maximum absolute atomic E-state index is 11.9. The summed E-state index contributed by atoms with van der Waals surface area (Å²) < 4.78 is 6.93. The normalized spacial score (nSPS) is 28.9. The first-order valence-corrected chi connectivity index (χ1v) is 9.04. The van der Waals surface area contributed by atoms with Gasteiger partial charge in [-0.1, -0.05) is 28.5 Å². The monoisotopic (exact) mass is 333 g/mol. The van der Waals surface area contributed by atoms with Crippen LogP contribution in [0.3, 0.4) is 0 Å². The number of aliphatic hydroxyl groups is 2. The van der Waals surface area contributed by atoms with Gasteiger partial charge in [0.1, 0.15) is 11.9 Å². The zero-order valence-corrected chi connectivity index (χ0v) is 13.2. The van der Waals surface area contributed by atoms with Gasteiger partial charge in [-0.15, -0.1) is 0 Å². The van der Waals surface area contributed by atoms with Crippen molar-refractivity contribution in [2.24, 2.45) is 0 Å². The number of hydrogen-bond donors (Lipinski definition) is 3. The van der Waals surface area contributed by atoms with E-state index in [1.165, 1.54) is 27.6 Å². The van der Waals surface area contributed by atoms with Gasteiger partial charge in [0.25, 0.3) is 0 Å². The zero-order valence-electron chi connectivity index (χ0n) is 11.6. The van der Waals surface area contributed by atoms with E-state index in [2.05, 4.69) is 11.9 Å². The van der Waals surface area contributed by atoms with Gasteiger partial charge in [-0.05, 0) is 12.5 Å². The van der Waals surface area contributed by atoms with E-state index in [1.807, 2.05) is 0 Å². The standard InChI is InChI=1S/C12H19N3O4S2/c1-2-5-20-21-10-9(17)7(6-16)19-11(10)15-4-3-8(13)14-12(15)18/h3-4,7,9-11,16-17H,2,5-6H2,1H3,(H2,13,14,18)/t7-,9-,10-,11-/m1/s1. The third-order valence-electron chi connectivity index (χ3n) is 3.09. The van der Waals surface area contributed by atoms with Gasteiger partial charge >= 0.3 is 5.69 Å². The highest BCUT2D eigenvalue weighted by molar-refractivity contribution is 8.77. The minimum Gasteiger partial charge on any atom is -0.394 e. The van der Waals surface area contributed by atoms with Crippen LogP contribution in [0.5, 0.6) is 0 Å². The summed E-state index contributed by atoms with van der Waals surface area (Å²) in [7, 11) is 3.07. The first-order valence-electron chi connectivity index (χ1n) is 6.65. The van der Waals surface area contributed by atoms with Crippen molar-refractivity contribution in [3.05, 3.63) is 22.7 Å². The second-order valence-electron chi connectivity index (χ2n) is 4.66. The van der Waals surface area contributed by atoms with Crippen LogP contribution in [0.15, 0.2) is 17.1 Å². The highest BCUT2D eigenvalue weighted by Gasteiger charge is 2.45. The summed E-state index contributed by atoms with van der Waals surface area (Å²) in [6.07, 6.45) is 0.281. The molecule has 0 amide bonds. The Hall–Kier alpha value is -0.740. The van der Waals surface area contributed by atoms with E-state index in [0.29, 0.717) is 0 Å². The van der Waals surface area contributed by atoms with Gasteiger partial charge < -0.3 is 20.7 Å². The van der Waals surface area contributed by atoms with Gasteiger partial charge in [-0.3, -0.25) is 4.57 Å². The molecule has 7 nitrogen and oxygen atoms in total. The van der Waals surface area contributed by atoms with Crippen molar-refractivity contribution < 1.29 is 14.9 Å². The first-order chi connectivity index (χ1) is 10.1. The Bertz CT molecular complexity index is 527. The molecule has 4 N–H and O–H groups in total. The van der Waals surface area contributed by atoms with Crippen molar-refractivity contribution in [2.75, 3.05) is 18.1 Å². The Morgan fingerprint density at radius 2 is 2.33 bits per heavy atom. The highest BCUT2D eigenvalue weighted by Crippen LogP contribution is 2.42. The maximum atomic E-state index is 11.9. The van der Waals surface area contributed by atoms with Gasteiger partial charge in [0.2, 0.25) is 0 Å². The fourth-order valence-corrected chi connectivity index (χ4v) is 4.91. The molecule has 0 unspecified atom stereocenters. The summed E-state index contributed by atoms with van der Waals surface area (Å²) >= 11 is 0. The van der Waals surface area contributed by atoms with Crippen molar-refractivity contribution >= 4 is 27.4 Å². The topological polar surface area (TPSA) is 111 Å². The lowest BCUT2D eigenvalue weighted by atomic mass is 10.2. The number of aromatic nitrogens is 2. The average Bonchev–Trinajstić information content (AvgIpc) is 2.76. The van der Waals surface area contributed by atoms with E-state index in [4.69, 9.17) is 10.5 Å². The largest absolute Gasteiger partial charge is 0.394 e. The molecule has 0 aliphatic carbocycles. The number of hydrogen-bond acceptors (Lipinski definition) is 8. The fourth-order valence-electron chi connectivity index (χ4n) is 2.03. The number of nitrogens with zero attached hydrogens (tertiary/aromatic N) is 2. The smallest absolute Gasteiger partial charge is 0.351 e. The number of ether oxygens (including phenoxy) is 1. The minimum atomic E-state index is -0.848. The molecule has 1 aliphatic heterocycles. The maximum Gasteiger partial charge on any atom is 0.351 e. The molecule has 118 valence electrons. The van der Waals surface area contributed by atoms with Crippen LogP contribution in [0.2, 0.25) is 0 Å². The van der Waals surface area contributed by atoms with Crippen LogP contribution in [0.1, 0.15) is 19.6 Å². The summed E-state index contributed by atoms with van der Waals surface area (Å²) in [5, 5.41) is 19.2. The molecule has 2 heterocycles. The first kappa shape index (κ1) is 16.6. The fraction of sp³-hybridized carbons (Fsp3) is 0.667. The number of nitrogens with two attached hydrogens (primary N) is 1.